The minimum Gasteiger partial charge on any atom is -0.166 e. The van der Waals surface area contributed by atoms with E-state index in [4.69, 9.17) is 0 Å². The summed E-state index contributed by atoms with van der Waals surface area (Å²) < 4.78 is 38.2. The predicted octanol–water partition coefficient (Wildman–Crippen LogP) is 7.95. The van der Waals surface area contributed by atoms with E-state index in [1.165, 1.54) is 38.6 Å². The molecule has 0 aliphatic heterocycles. The molecule has 0 spiro atoms. The quantitative estimate of drug-likeness (QED) is 0.284. The first-order chi connectivity index (χ1) is 14.5. The number of hydrogen-bond donors (Lipinski definition) is 0. The normalized spacial score (nSPS) is 11.6. The minimum absolute atomic E-state index is 0.217. The van der Waals surface area contributed by atoms with Gasteiger partial charge in [-0.1, -0.05) is 48.2 Å². The average Bonchev–Trinajstić information content (AvgIpc) is 2.76. The second-order valence-electron chi connectivity index (χ2n) is 6.53. The van der Waals surface area contributed by atoms with Crippen LogP contribution >= 0.6 is 11.8 Å². The fraction of sp³-hybridized carbons (Fsp3) is 0.0400. The second kappa shape index (κ2) is 9.02. The van der Waals surface area contributed by atoms with Gasteiger partial charge in [0.25, 0.3) is 0 Å². The van der Waals surface area contributed by atoms with E-state index in [0.717, 1.165) is 21.9 Å². The monoisotopic (exact) mass is 439 g/mol. The van der Waals surface area contributed by atoms with Crippen LogP contribution in [0, 0.1) is 0 Å². The van der Waals surface area contributed by atoms with Crippen molar-refractivity contribution in [2.75, 3.05) is 0 Å². The topological polar surface area (TPSA) is 0 Å². The number of halogens is 3. The van der Waals surface area contributed by atoms with Gasteiger partial charge in [0, 0.05) is 9.79 Å². The first kappa shape index (κ1) is 20.6. The lowest BCUT2D eigenvalue weighted by Gasteiger charge is -2.09. The van der Waals surface area contributed by atoms with Crippen LogP contribution in [0.1, 0.15) is 5.56 Å². The van der Waals surface area contributed by atoms with E-state index < -0.39 is 11.7 Å². The van der Waals surface area contributed by atoms with Gasteiger partial charge in [-0.2, -0.15) is 13.2 Å². The molecule has 0 nitrogen and oxygen atoms in total. The molecule has 0 bridgehead atoms. The highest BCUT2D eigenvalue weighted by Gasteiger charge is 2.30. The fourth-order valence-corrected chi connectivity index (χ4v) is 5.91. The lowest BCUT2D eigenvalue weighted by molar-refractivity contribution is -0.137. The molecule has 0 aliphatic rings. The van der Waals surface area contributed by atoms with Crippen molar-refractivity contribution in [2.24, 2.45) is 0 Å². The molecule has 0 radical (unpaired) electrons. The van der Waals surface area contributed by atoms with Crippen molar-refractivity contribution < 1.29 is 13.2 Å². The van der Waals surface area contributed by atoms with Crippen LogP contribution < -0.4 is 0 Å². The Labute approximate surface area is 181 Å². The van der Waals surface area contributed by atoms with E-state index in [9.17, 15) is 13.2 Å². The lowest BCUT2D eigenvalue weighted by atomic mass is 10.2. The minimum atomic E-state index is -4.31. The average molecular weight is 440 g/mol. The van der Waals surface area contributed by atoms with Crippen molar-refractivity contribution in [1.29, 1.82) is 0 Å². The largest absolute Gasteiger partial charge is 0.416 e. The Bertz CT molecular complexity index is 1040. The van der Waals surface area contributed by atoms with E-state index in [1.807, 2.05) is 48.5 Å². The van der Waals surface area contributed by atoms with Crippen LogP contribution in [0.3, 0.4) is 0 Å². The maximum Gasteiger partial charge on any atom is 0.416 e. The Balaban J connectivity index is 1.58. The van der Waals surface area contributed by atoms with Gasteiger partial charge < -0.3 is 0 Å². The Hall–Kier alpha value is -2.63. The van der Waals surface area contributed by atoms with Gasteiger partial charge in [0.05, 0.1) is 16.5 Å². The summed E-state index contributed by atoms with van der Waals surface area (Å²) in [6.07, 6.45) is -4.31. The third kappa shape index (κ3) is 4.91. The summed E-state index contributed by atoms with van der Waals surface area (Å²) >= 11 is 1.45. The first-order valence-corrected chi connectivity index (χ1v) is 11.3. The molecule has 0 aliphatic carbocycles. The molecule has 150 valence electrons. The third-order valence-corrected chi connectivity index (χ3v) is 7.68. The Morgan fingerprint density at radius 3 is 1.33 bits per heavy atom. The molecule has 5 heteroatoms. The Morgan fingerprint density at radius 2 is 0.900 bits per heavy atom. The third-order valence-electron chi connectivity index (χ3n) is 4.43. The van der Waals surface area contributed by atoms with Gasteiger partial charge in [-0.05, 0) is 72.8 Å². The molecule has 0 unspecified atom stereocenters. The highest BCUT2D eigenvalue weighted by molar-refractivity contribution is 7.99. The molecule has 0 fully saturated rings. The molecule has 0 saturated heterocycles. The molecular weight excluding hydrogens is 421 g/mol. The molecule has 4 aromatic carbocycles. The molecule has 0 amide bonds. The number of hydrogen-bond acceptors (Lipinski definition) is 1. The van der Waals surface area contributed by atoms with E-state index in [-0.39, 0.29) is 10.9 Å². The molecular formula is C25H18F3S2+. The summed E-state index contributed by atoms with van der Waals surface area (Å²) in [5.74, 6) is 0. The highest BCUT2D eigenvalue weighted by Crippen LogP contribution is 2.35. The van der Waals surface area contributed by atoms with Gasteiger partial charge in [-0.3, -0.25) is 0 Å². The summed E-state index contributed by atoms with van der Waals surface area (Å²) in [5.41, 5.74) is -0.628. The summed E-state index contributed by atoms with van der Waals surface area (Å²) in [6.45, 7) is 0. The van der Waals surface area contributed by atoms with Crippen molar-refractivity contribution in [2.45, 2.75) is 30.7 Å². The zero-order valence-corrected chi connectivity index (χ0v) is 17.5. The van der Waals surface area contributed by atoms with Crippen LogP contribution in [0.5, 0.6) is 0 Å². The summed E-state index contributed by atoms with van der Waals surface area (Å²) in [6, 6.07) is 34.3. The van der Waals surface area contributed by atoms with Crippen molar-refractivity contribution in [3.05, 3.63) is 115 Å². The van der Waals surface area contributed by atoms with Crippen LogP contribution in [-0.4, -0.2) is 0 Å². The number of benzene rings is 4. The molecule has 0 saturated carbocycles. The molecule has 4 rings (SSSR count). The number of alkyl halides is 3. The number of rotatable bonds is 5. The van der Waals surface area contributed by atoms with Gasteiger partial charge in [-0.15, -0.1) is 0 Å². The molecule has 30 heavy (non-hydrogen) atoms. The fourth-order valence-electron chi connectivity index (χ4n) is 3.01. The molecule has 4 aromatic rings. The van der Waals surface area contributed by atoms with Crippen molar-refractivity contribution in [1.82, 2.24) is 0 Å². The maximum absolute atomic E-state index is 12.7. The highest BCUT2D eigenvalue weighted by atomic mass is 32.2. The predicted molar refractivity (Wildman–Crippen MR) is 117 cm³/mol. The van der Waals surface area contributed by atoms with Crippen LogP contribution in [0.2, 0.25) is 0 Å². The summed E-state index contributed by atoms with van der Waals surface area (Å²) in [5, 5.41) is 0. The SMILES string of the molecule is FC(F)(F)c1ccc(Sc2ccc([S+](c3ccccc3)c3ccccc3)cc2)cc1. The van der Waals surface area contributed by atoms with Crippen molar-refractivity contribution in [3.8, 4) is 0 Å². The lowest BCUT2D eigenvalue weighted by Crippen LogP contribution is -2.04. The summed E-state index contributed by atoms with van der Waals surface area (Å²) in [7, 11) is -0.217. The first-order valence-electron chi connectivity index (χ1n) is 9.30. The maximum atomic E-state index is 12.7. The van der Waals surface area contributed by atoms with Crippen LogP contribution in [0.25, 0.3) is 0 Å². The van der Waals surface area contributed by atoms with Gasteiger partial charge >= 0.3 is 6.18 Å². The van der Waals surface area contributed by atoms with E-state index in [1.54, 1.807) is 0 Å². The zero-order chi connectivity index (χ0) is 21.0. The van der Waals surface area contributed by atoms with E-state index in [0.29, 0.717) is 0 Å². The van der Waals surface area contributed by atoms with Gasteiger partial charge in [-0.25, -0.2) is 0 Å². The van der Waals surface area contributed by atoms with Crippen molar-refractivity contribution >= 4 is 22.7 Å². The van der Waals surface area contributed by atoms with Gasteiger partial charge in [0.2, 0.25) is 0 Å². The van der Waals surface area contributed by atoms with Crippen LogP contribution in [0.15, 0.2) is 134 Å². The van der Waals surface area contributed by atoms with Gasteiger partial charge in [0.15, 0.2) is 14.7 Å². The van der Waals surface area contributed by atoms with E-state index >= 15 is 0 Å². The van der Waals surface area contributed by atoms with Gasteiger partial charge in [0.1, 0.15) is 0 Å². The van der Waals surface area contributed by atoms with Crippen LogP contribution in [0.4, 0.5) is 13.2 Å². The second-order valence-corrected chi connectivity index (χ2v) is 9.70. The standard InChI is InChI=1S/C25H18F3S2/c26-25(27,28)19-11-13-20(14-12-19)29-21-15-17-24(18-16-21)30(22-7-3-1-4-8-22)23-9-5-2-6-10-23/h1-18H/q+1. The Kier molecular flexibility index (Phi) is 6.21. The van der Waals surface area contributed by atoms with Crippen LogP contribution in [-0.2, 0) is 17.1 Å². The Morgan fingerprint density at radius 1 is 0.500 bits per heavy atom. The molecule has 0 heterocycles. The molecule has 0 N–H and O–H groups in total. The van der Waals surface area contributed by atoms with E-state index in [2.05, 4.69) is 36.4 Å². The zero-order valence-electron chi connectivity index (χ0n) is 15.8. The molecule has 0 atom stereocenters. The smallest absolute Gasteiger partial charge is 0.166 e. The van der Waals surface area contributed by atoms with Crippen molar-refractivity contribution in [3.63, 3.8) is 0 Å². The summed E-state index contributed by atoms with van der Waals surface area (Å²) in [4.78, 5) is 5.45. The molecule has 0 aromatic heterocycles.